The van der Waals surface area contributed by atoms with Crippen molar-refractivity contribution in [3.8, 4) is 0 Å². The van der Waals surface area contributed by atoms with E-state index in [4.69, 9.17) is 10.2 Å². The molecule has 0 heterocycles. The van der Waals surface area contributed by atoms with Gasteiger partial charge in [-0.15, -0.1) is 0 Å². The minimum absolute atomic E-state index is 0.00287. The molecule has 0 radical (unpaired) electrons. The molecule has 0 aromatic heterocycles. The van der Waals surface area contributed by atoms with Crippen LogP contribution in [0.25, 0.3) is 0 Å². The first-order chi connectivity index (χ1) is 7.72. The first-order valence-corrected chi connectivity index (χ1v) is 6.19. The highest BCUT2D eigenvalue weighted by Gasteiger charge is 2.06. The van der Waals surface area contributed by atoms with Crippen LogP contribution in [0.4, 0.5) is 0 Å². The second kappa shape index (κ2) is 19.9. The van der Waals surface area contributed by atoms with Gasteiger partial charge in [-0.2, -0.15) is 0 Å². The lowest BCUT2D eigenvalue weighted by Crippen LogP contribution is -2.31. The van der Waals surface area contributed by atoms with Crippen molar-refractivity contribution in [3.05, 3.63) is 0 Å². The van der Waals surface area contributed by atoms with Crippen molar-refractivity contribution in [3.63, 3.8) is 0 Å². The Kier molecular flexibility index (Phi) is 25.8. The number of amides is 1. The Balaban J connectivity index is -0.000000376. The van der Waals surface area contributed by atoms with Crippen molar-refractivity contribution in [2.45, 2.75) is 47.5 Å². The Morgan fingerprint density at radius 1 is 0.938 bits per heavy atom. The minimum atomic E-state index is -0.00287. The second-order valence-electron chi connectivity index (χ2n) is 2.66. The maximum absolute atomic E-state index is 10.9. The molecule has 0 aromatic rings. The Labute approximate surface area is 100 Å². The molecular formula is C12H29NO3. The lowest BCUT2D eigenvalue weighted by molar-refractivity contribution is -0.129. The summed E-state index contributed by atoms with van der Waals surface area (Å²) in [7, 11) is 0. The zero-order valence-corrected chi connectivity index (χ0v) is 11.5. The van der Waals surface area contributed by atoms with Crippen molar-refractivity contribution in [2.24, 2.45) is 0 Å². The average Bonchev–Trinajstić information content (AvgIpc) is 2.34. The molecule has 16 heavy (non-hydrogen) atoms. The molecule has 4 heteroatoms. The van der Waals surface area contributed by atoms with Gasteiger partial charge in [-0.3, -0.25) is 4.79 Å². The smallest absolute Gasteiger partial charge is 0.219 e. The highest BCUT2D eigenvalue weighted by Crippen LogP contribution is 1.94. The van der Waals surface area contributed by atoms with E-state index in [9.17, 15) is 4.79 Å². The molecule has 0 rings (SSSR count). The molecular weight excluding hydrogens is 206 g/mol. The SMILES string of the molecule is CC.CC.CC(=O)N(CCCO)CCCO. The molecule has 0 spiro atoms. The van der Waals surface area contributed by atoms with E-state index < -0.39 is 0 Å². The van der Waals surface area contributed by atoms with Gasteiger partial charge in [0.05, 0.1) is 0 Å². The van der Waals surface area contributed by atoms with E-state index in [2.05, 4.69) is 0 Å². The molecule has 100 valence electrons. The molecule has 0 aliphatic carbocycles. The van der Waals surface area contributed by atoms with Gasteiger partial charge in [-0.25, -0.2) is 0 Å². The fourth-order valence-electron chi connectivity index (χ4n) is 0.950. The first-order valence-electron chi connectivity index (χ1n) is 6.19. The number of carbonyl (C=O) groups is 1. The van der Waals surface area contributed by atoms with Gasteiger partial charge in [0.2, 0.25) is 5.91 Å². The van der Waals surface area contributed by atoms with Crippen LogP contribution in [-0.2, 0) is 4.79 Å². The molecule has 0 aromatic carbocycles. The maximum atomic E-state index is 10.9. The molecule has 1 amide bonds. The molecule has 0 atom stereocenters. The quantitative estimate of drug-likeness (QED) is 0.736. The van der Waals surface area contributed by atoms with Gasteiger partial charge in [0.15, 0.2) is 0 Å². The number of hydrogen-bond donors (Lipinski definition) is 2. The highest BCUT2D eigenvalue weighted by atomic mass is 16.3. The van der Waals surface area contributed by atoms with Gasteiger partial charge in [0.25, 0.3) is 0 Å². The summed E-state index contributed by atoms with van der Waals surface area (Å²) in [5, 5.41) is 17.1. The standard InChI is InChI=1S/C8H17NO3.2C2H6/c1-8(12)9(4-2-6-10)5-3-7-11;2*1-2/h10-11H,2-7H2,1H3;2*1-2H3. The fourth-order valence-corrected chi connectivity index (χ4v) is 0.950. The molecule has 4 nitrogen and oxygen atoms in total. The minimum Gasteiger partial charge on any atom is -0.396 e. The average molecular weight is 235 g/mol. The number of nitrogens with zero attached hydrogens (tertiary/aromatic N) is 1. The number of aliphatic hydroxyl groups excluding tert-OH is 2. The second-order valence-corrected chi connectivity index (χ2v) is 2.66. The third-order valence-electron chi connectivity index (χ3n) is 1.62. The van der Waals surface area contributed by atoms with Crippen molar-refractivity contribution in [1.82, 2.24) is 4.90 Å². The van der Waals surface area contributed by atoms with Crippen LogP contribution in [0.2, 0.25) is 0 Å². The lowest BCUT2D eigenvalue weighted by Gasteiger charge is -2.19. The summed E-state index contributed by atoms with van der Waals surface area (Å²) in [5.41, 5.74) is 0. The Morgan fingerprint density at radius 2 is 1.25 bits per heavy atom. The number of hydrogen-bond acceptors (Lipinski definition) is 3. The van der Waals surface area contributed by atoms with E-state index in [0.717, 1.165) is 0 Å². The Bertz CT molecular complexity index is 121. The monoisotopic (exact) mass is 235 g/mol. The normalized spacial score (nSPS) is 8.19. The number of rotatable bonds is 6. The fraction of sp³-hybridized carbons (Fsp3) is 0.917. The van der Waals surface area contributed by atoms with Crippen LogP contribution >= 0.6 is 0 Å². The summed E-state index contributed by atoms with van der Waals surface area (Å²) in [6.45, 7) is 10.8. The molecule has 0 fully saturated rings. The van der Waals surface area contributed by atoms with E-state index in [1.807, 2.05) is 27.7 Å². The Hall–Kier alpha value is -0.610. The van der Waals surface area contributed by atoms with Crippen LogP contribution in [0.1, 0.15) is 47.5 Å². The van der Waals surface area contributed by atoms with Crippen LogP contribution < -0.4 is 0 Å². The summed E-state index contributed by atoms with van der Waals surface area (Å²) in [6.07, 6.45) is 1.20. The first kappa shape index (κ1) is 20.8. The highest BCUT2D eigenvalue weighted by molar-refractivity contribution is 5.73. The van der Waals surface area contributed by atoms with Gasteiger partial charge >= 0.3 is 0 Å². The summed E-state index contributed by atoms with van der Waals surface area (Å²) < 4.78 is 0. The summed E-state index contributed by atoms with van der Waals surface area (Å²) in [6, 6.07) is 0. The van der Waals surface area contributed by atoms with Crippen LogP contribution in [-0.4, -0.2) is 47.3 Å². The van der Waals surface area contributed by atoms with Gasteiger partial charge in [0, 0.05) is 33.2 Å². The number of carbonyl (C=O) groups excluding carboxylic acids is 1. The topological polar surface area (TPSA) is 60.8 Å². The van der Waals surface area contributed by atoms with Crippen molar-refractivity contribution in [2.75, 3.05) is 26.3 Å². The van der Waals surface area contributed by atoms with Crippen LogP contribution in [0.15, 0.2) is 0 Å². The van der Waals surface area contributed by atoms with E-state index in [0.29, 0.717) is 25.9 Å². The van der Waals surface area contributed by atoms with Gasteiger partial charge < -0.3 is 15.1 Å². The van der Waals surface area contributed by atoms with Gasteiger partial charge in [-0.1, -0.05) is 27.7 Å². The van der Waals surface area contributed by atoms with E-state index in [-0.39, 0.29) is 19.1 Å². The maximum Gasteiger partial charge on any atom is 0.219 e. The summed E-state index contributed by atoms with van der Waals surface area (Å²) >= 11 is 0. The molecule has 0 aliphatic rings. The van der Waals surface area contributed by atoms with Crippen LogP contribution in [0.5, 0.6) is 0 Å². The van der Waals surface area contributed by atoms with Crippen molar-refractivity contribution >= 4 is 5.91 Å². The molecule has 0 bridgehead atoms. The summed E-state index contributed by atoms with van der Waals surface area (Å²) in [5.74, 6) is -0.00287. The van der Waals surface area contributed by atoms with Gasteiger partial charge in [0.1, 0.15) is 0 Å². The van der Waals surface area contributed by atoms with E-state index in [1.54, 1.807) is 4.90 Å². The number of aliphatic hydroxyl groups is 2. The zero-order chi connectivity index (χ0) is 13.4. The van der Waals surface area contributed by atoms with Gasteiger partial charge in [-0.05, 0) is 12.8 Å². The summed E-state index contributed by atoms with van der Waals surface area (Å²) in [4.78, 5) is 12.5. The third kappa shape index (κ3) is 15.8. The molecule has 0 aliphatic heterocycles. The van der Waals surface area contributed by atoms with Crippen LogP contribution in [0, 0.1) is 0 Å². The van der Waals surface area contributed by atoms with E-state index >= 15 is 0 Å². The van der Waals surface area contributed by atoms with Crippen molar-refractivity contribution in [1.29, 1.82) is 0 Å². The Morgan fingerprint density at radius 3 is 1.44 bits per heavy atom. The molecule has 2 N–H and O–H groups in total. The van der Waals surface area contributed by atoms with E-state index in [1.165, 1.54) is 6.92 Å². The predicted octanol–water partition coefficient (Wildman–Crippen LogP) is 1.65. The third-order valence-corrected chi connectivity index (χ3v) is 1.62. The largest absolute Gasteiger partial charge is 0.396 e. The zero-order valence-electron chi connectivity index (χ0n) is 11.5. The molecule has 0 saturated heterocycles. The predicted molar refractivity (Wildman–Crippen MR) is 68.4 cm³/mol. The molecule has 0 saturated carbocycles. The van der Waals surface area contributed by atoms with Crippen molar-refractivity contribution < 1.29 is 15.0 Å². The molecule has 0 unspecified atom stereocenters. The van der Waals surface area contributed by atoms with Crippen LogP contribution in [0.3, 0.4) is 0 Å². The lowest BCUT2D eigenvalue weighted by atomic mass is 10.3.